The number of benzene rings is 1. The fourth-order valence-electron chi connectivity index (χ4n) is 2.34. The largest absolute Gasteiger partial charge is 0.481 e. The van der Waals surface area contributed by atoms with Crippen molar-refractivity contribution in [2.75, 3.05) is 6.54 Å². The van der Waals surface area contributed by atoms with E-state index in [0.717, 1.165) is 17.4 Å². The summed E-state index contributed by atoms with van der Waals surface area (Å²) in [5, 5.41) is 9.92. The lowest BCUT2D eigenvalue weighted by atomic mass is 9.97. The van der Waals surface area contributed by atoms with Crippen molar-refractivity contribution in [2.45, 2.75) is 38.5 Å². The maximum Gasteiger partial charge on any atom is 0.304 e. The second-order valence-corrected chi connectivity index (χ2v) is 5.29. The fraction of sp³-hybridized carbons (Fsp3) is 0.438. The minimum atomic E-state index is -0.860. The number of carboxylic acids is 1. The Labute approximate surface area is 118 Å². The summed E-state index contributed by atoms with van der Waals surface area (Å²) < 4.78 is 5.75. The van der Waals surface area contributed by atoms with E-state index in [1.807, 2.05) is 12.1 Å². The highest BCUT2D eigenvalue weighted by Gasteiger charge is 2.18. The van der Waals surface area contributed by atoms with Crippen molar-refractivity contribution in [1.29, 1.82) is 0 Å². The van der Waals surface area contributed by atoms with Gasteiger partial charge < -0.3 is 15.3 Å². The maximum absolute atomic E-state index is 10.8. The van der Waals surface area contributed by atoms with E-state index >= 15 is 0 Å². The summed E-state index contributed by atoms with van der Waals surface area (Å²) in [6.45, 7) is 4.62. The molecule has 0 aliphatic heterocycles. The van der Waals surface area contributed by atoms with Crippen LogP contribution in [-0.2, 0) is 4.79 Å². The average molecular weight is 275 g/mol. The molecule has 0 saturated heterocycles. The zero-order valence-electron chi connectivity index (χ0n) is 11.9. The molecule has 20 heavy (non-hydrogen) atoms. The second-order valence-electron chi connectivity index (χ2n) is 5.29. The van der Waals surface area contributed by atoms with Gasteiger partial charge in [0.2, 0.25) is 0 Å². The van der Waals surface area contributed by atoms with Crippen molar-refractivity contribution >= 4 is 16.9 Å². The van der Waals surface area contributed by atoms with Gasteiger partial charge in [0, 0.05) is 17.8 Å². The Morgan fingerprint density at radius 1 is 1.40 bits per heavy atom. The molecule has 1 aromatic heterocycles. The van der Waals surface area contributed by atoms with Crippen molar-refractivity contribution in [3.63, 3.8) is 0 Å². The first-order valence-electron chi connectivity index (χ1n) is 7.00. The molecule has 3 N–H and O–H groups in total. The first kappa shape index (κ1) is 14.6. The van der Waals surface area contributed by atoms with Gasteiger partial charge in [-0.2, -0.15) is 0 Å². The van der Waals surface area contributed by atoms with Crippen LogP contribution >= 0.6 is 0 Å². The fourth-order valence-corrected chi connectivity index (χ4v) is 2.34. The highest BCUT2D eigenvalue weighted by molar-refractivity contribution is 5.79. The number of aliphatic carboxylic acids is 1. The van der Waals surface area contributed by atoms with Crippen LogP contribution in [0.1, 0.15) is 49.8 Å². The molecule has 2 atom stereocenters. The number of furan rings is 1. The van der Waals surface area contributed by atoms with Gasteiger partial charge in [0.15, 0.2) is 0 Å². The molecule has 108 valence electrons. The average Bonchev–Trinajstić information content (AvgIpc) is 2.86. The predicted octanol–water partition coefficient (Wildman–Crippen LogP) is 3.46. The van der Waals surface area contributed by atoms with E-state index in [0.29, 0.717) is 11.7 Å². The zero-order valence-corrected chi connectivity index (χ0v) is 11.9. The van der Waals surface area contributed by atoms with Gasteiger partial charge in [0.05, 0.1) is 6.42 Å². The van der Waals surface area contributed by atoms with Crippen LogP contribution in [0.2, 0.25) is 0 Å². The number of hydrogen-bond acceptors (Lipinski definition) is 3. The Balaban J connectivity index is 2.35. The first-order valence-corrected chi connectivity index (χ1v) is 7.00. The van der Waals surface area contributed by atoms with Crippen LogP contribution in [0.15, 0.2) is 28.7 Å². The Bertz CT molecular complexity index is 603. The lowest BCUT2D eigenvalue weighted by Crippen LogP contribution is -2.15. The van der Waals surface area contributed by atoms with Crippen LogP contribution < -0.4 is 5.73 Å². The number of carboxylic acid groups (broad SMARTS) is 1. The van der Waals surface area contributed by atoms with Crippen molar-refractivity contribution in [3.8, 4) is 0 Å². The minimum Gasteiger partial charge on any atom is -0.481 e. The van der Waals surface area contributed by atoms with Crippen molar-refractivity contribution in [3.05, 3.63) is 35.6 Å². The zero-order chi connectivity index (χ0) is 14.7. The normalized spacial score (nSPS) is 14.3. The summed E-state index contributed by atoms with van der Waals surface area (Å²) in [4.78, 5) is 10.8. The Morgan fingerprint density at radius 2 is 2.15 bits per heavy atom. The molecule has 2 unspecified atom stereocenters. The van der Waals surface area contributed by atoms with Gasteiger partial charge in [0.1, 0.15) is 11.3 Å². The molecule has 4 nitrogen and oxygen atoms in total. The van der Waals surface area contributed by atoms with Crippen molar-refractivity contribution < 1.29 is 14.3 Å². The molecule has 0 radical (unpaired) electrons. The number of carbonyl (C=O) groups is 1. The third kappa shape index (κ3) is 3.02. The predicted molar refractivity (Wildman–Crippen MR) is 79.0 cm³/mol. The topological polar surface area (TPSA) is 76.5 Å². The number of nitrogens with two attached hydrogens (primary N) is 1. The molecule has 0 amide bonds. The van der Waals surface area contributed by atoms with Gasteiger partial charge in [0.25, 0.3) is 0 Å². The van der Waals surface area contributed by atoms with E-state index in [-0.39, 0.29) is 18.9 Å². The molecule has 0 bridgehead atoms. The second kappa shape index (κ2) is 6.09. The number of hydrogen-bond donors (Lipinski definition) is 2. The van der Waals surface area contributed by atoms with E-state index in [2.05, 4.69) is 26.0 Å². The van der Waals surface area contributed by atoms with Crippen LogP contribution in [0, 0.1) is 0 Å². The van der Waals surface area contributed by atoms with Gasteiger partial charge in [-0.25, -0.2) is 0 Å². The quantitative estimate of drug-likeness (QED) is 0.846. The van der Waals surface area contributed by atoms with Gasteiger partial charge in [-0.15, -0.1) is 0 Å². The third-order valence-corrected chi connectivity index (χ3v) is 3.85. The molecule has 2 rings (SSSR count). The van der Waals surface area contributed by atoms with E-state index in [1.54, 1.807) is 0 Å². The van der Waals surface area contributed by atoms with Gasteiger partial charge in [-0.1, -0.05) is 19.9 Å². The van der Waals surface area contributed by atoms with Crippen LogP contribution in [-0.4, -0.2) is 17.6 Å². The molecule has 4 heteroatoms. The monoisotopic (exact) mass is 275 g/mol. The first-order chi connectivity index (χ1) is 9.55. The molecule has 0 fully saturated rings. The molecule has 0 aliphatic carbocycles. The van der Waals surface area contributed by atoms with Crippen LogP contribution in [0.4, 0.5) is 0 Å². The summed E-state index contributed by atoms with van der Waals surface area (Å²) >= 11 is 0. The molecule has 2 aromatic rings. The number of rotatable bonds is 6. The highest BCUT2D eigenvalue weighted by Crippen LogP contribution is 2.29. The van der Waals surface area contributed by atoms with Crippen LogP contribution in [0.25, 0.3) is 11.0 Å². The third-order valence-electron chi connectivity index (χ3n) is 3.85. The lowest BCUT2D eigenvalue weighted by Gasteiger charge is -2.07. The lowest BCUT2D eigenvalue weighted by molar-refractivity contribution is -0.137. The molecular weight excluding hydrogens is 254 g/mol. The summed E-state index contributed by atoms with van der Waals surface area (Å²) in [6.07, 6.45) is 1.08. The minimum absolute atomic E-state index is 0.00541. The van der Waals surface area contributed by atoms with Gasteiger partial charge in [-0.3, -0.25) is 4.79 Å². The van der Waals surface area contributed by atoms with Crippen molar-refractivity contribution in [1.82, 2.24) is 0 Å². The maximum atomic E-state index is 10.8. The smallest absolute Gasteiger partial charge is 0.304 e. The van der Waals surface area contributed by atoms with Gasteiger partial charge in [-0.05, 0) is 36.1 Å². The SMILES string of the molecule is CCC(C)c1ccc2oc(C(CN)CC(=O)O)cc2c1. The van der Waals surface area contributed by atoms with E-state index in [9.17, 15) is 4.79 Å². The standard InChI is InChI=1S/C16H21NO3/c1-3-10(2)11-4-5-14-12(6-11)7-15(20-14)13(9-17)8-16(18)19/h4-7,10,13H,3,8-9,17H2,1-2H3,(H,18,19). The molecule has 0 spiro atoms. The summed E-state index contributed by atoms with van der Waals surface area (Å²) in [5.41, 5.74) is 7.71. The summed E-state index contributed by atoms with van der Waals surface area (Å²) in [5.74, 6) is 0.0291. The van der Waals surface area contributed by atoms with Crippen LogP contribution in [0.3, 0.4) is 0 Å². The molecule has 1 heterocycles. The molecule has 0 aliphatic rings. The van der Waals surface area contributed by atoms with E-state index in [4.69, 9.17) is 15.3 Å². The number of fused-ring (bicyclic) bond motifs is 1. The Morgan fingerprint density at radius 3 is 2.75 bits per heavy atom. The molecular formula is C16H21NO3. The summed E-state index contributed by atoms with van der Waals surface area (Å²) in [6, 6.07) is 8.06. The van der Waals surface area contributed by atoms with E-state index in [1.165, 1.54) is 5.56 Å². The Hall–Kier alpha value is -1.81. The van der Waals surface area contributed by atoms with Crippen molar-refractivity contribution in [2.24, 2.45) is 5.73 Å². The highest BCUT2D eigenvalue weighted by atomic mass is 16.4. The van der Waals surface area contributed by atoms with E-state index < -0.39 is 5.97 Å². The van der Waals surface area contributed by atoms with Gasteiger partial charge >= 0.3 is 5.97 Å². The summed E-state index contributed by atoms with van der Waals surface area (Å²) in [7, 11) is 0. The molecule has 0 saturated carbocycles. The molecule has 1 aromatic carbocycles. The Kier molecular flexibility index (Phi) is 4.45. The van der Waals surface area contributed by atoms with Crippen LogP contribution in [0.5, 0.6) is 0 Å².